The molecule has 0 unspecified atom stereocenters. The second-order valence-electron chi connectivity index (χ2n) is 3.81. The summed E-state index contributed by atoms with van der Waals surface area (Å²) in [4.78, 5) is 0. The normalized spacial score (nSPS) is 13.1. The fourth-order valence-corrected chi connectivity index (χ4v) is 3.07. The second kappa shape index (κ2) is 8.98. The monoisotopic (exact) mass is 248 g/mol. The molecule has 4 heteroatoms. The van der Waals surface area contributed by atoms with Crippen molar-refractivity contribution >= 4 is 7.60 Å². The van der Waals surface area contributed by atoms with Crippen LogP contribution in [0.15, 0.2) is 11.4 Å². The van der Waals surface area contributed by atoms with E-state index in [4.69, 9.17) is 9.05 Å². The summed E-state index contributed by atoms with van der Waals surface area (Å²) in [7, 11) is -2.99. The second-order valence-corrected chi connectivity index (χ2v) is 5.66. The zero-order valence-corrected chi connectivity index (χ0v) is 11.9. The summed E-state index contributed by atoms with van der Waals surface area (Å²) >= 11 is 0. The number of hydrogen-bond donors (Lipinski definition) is 0. The largest absolute Gasteiger partial charge is 0.354 e. The van der Waals surface area contributed by atoms with Crippen LogP contribution in [0.1, 0.15) is 53.4 Å². The third kappa shape index (κ3) is 7.21. The van der Waals surface area contributed by atoms with Crippen molar-refractivity contribution in [3.8, 4) is 0 Å². The fourth-order valence-electron chi connectivity index (χ4n) is 1.46. The van der Waals surface area contributed by atoms with Gasteiger partial charge in [0.05, 0.1) is 13.2 Å². The van der Waals surface area contributed by atoms with Gasteiger partial charge in [-0.1, -0.05) is 25.3 Å². The lowest BCUT2D eigenvalue weighted by molar-refractivity contribution is 0.228. The maximum Gasteiger partial charge on any atom is 0.354 e. The molecule has 0 aromatic rings. The molecule has 3 nitrogen and oxygen atoms in total. The lowest BCUT2D eigenvalue weighted by Gasteiger charge is -2.14. The highest BCUT2D eigenvalue weighted by molar-refractivity contribution is 7.57. The Balaban J connectivity index is 4.33. The molecular formula is C12H25O3P. The Morgan fingerprint density at radius 1 is 1.12 bits per heavy atom. The molecule has 0 aromatic carbocycles. The van der Waals surface area contributed by atoms with Gasteiger partial charge in [0.25, 0.3) is 0 Å². The Morgan fingerprint density at radius 2 is 1.69 bits per heavy atom. The molecule has 0 aliphatic carbocycles. The first-order valence-corrected chi connectivity index (χ1v) is 7.76. The lowest BCUT2D eigenvalue weighted by atomic mass is 10.1. The first-order chi connectivity index (χ1) is 7.58. The van der Waals surface area contributed by atoms with Crippen molar-refractivity contribution in [2.75, 3.05) is 13.2 Å². The van der Waals surface area contributed by atoms with Crippen LogP contribution in [0.5, 0.6) is 0 Å². The van der Waals surface area contributed by atoms with Crippen LogP contribution in [-0.4, -0.2) is 13.2 Å². The third-order valence-electron chi connectivity index (χ3n) is 2.17. The summed E-state index contributed by atoms with van der Waals surface area (Å²) in [5.41, 5.74) is 1.10. The molecule has 0 aromatic heterocycles. The van der Waals surface area contributed by atoms with E-state index in [-0.39, 0.29) is 0 Å². The van der Waals surface area contributed by atoms with Gasteiger partial charge in [-0.15, -0.1) is 0 Å². The highest BCUT2D eigenvalue weighted by Crippen LogP contribution is 2.50. The molecule has 0 rings (SSSR count). The van der Waals surface area contributed by atoms with Crippen LogP contribution in [-0.2, 0) is 13.6 Å². The Kier molecular flexibility index (Phi) is 8.91. The Labute approximate surface area is 99.8 Å². The molecule has 0 saturated heterocycles. The van der Waals surface area contributed by atoms with Gasteiger partial charge in [0.1, 0.15) is 0 Å². The van der Waals surface area contributed by atoms with E-state index in [0.717, 1.165) is 18.4 Å². The maximum atomic E-state index is 12.1. The van der Waals surface area contributed by atoms with E-state index in [1.54, 1.807) is 5.82 Å². The van der Waals surface area contributed by atoms with Crippen molar-refractivity contribution in [1.29, 1.82) is 0 Å². The molecule has 0 bridgehead atoms. The van der Waals surface area contributed by atoms with Gasteiger partial charge in [0, 0.05) is 5.82 Å². The van der Waals surface area contributed by atoms with Crippen molar-refractivity contribution < 1.29 is 13.6 Å². The van der Waals surface area contributed by atoms with Gasteiger partial charge in [-0.3, -0.25) is 4.57 Å². The van der Waals surface area contributed by atoms with Crippen molar-refractivity contribution in [2.45, 2.75) is 53.4 Å². The minimum Gasteiger partial charge on any atom is -0.306 e. The summed E-state index contributed by atoms with van der Waals surface area (Å²) in [5, 5.41) is 0. The Morgan fingerprint density at radius 3 is 2.12 bits per heavy atom. The molecule has 96 valence electrons. The van der Waals surface area contributed by atoms with Crippen LogP contribution in [0.2, 0.25) is 0 Å². The van der Waals surface area contributed by atoms with Gasteiger partial charge in [-0.2, -0.15) is 0 Å². The average Bonchev–Trinajstić information content (AvgIpc) is 2.18. The molecule has 0 spiro atoms. The van der Waals surface area contributed by atoms with Gasteiger partial charge < -0.3 is 9.05 Å². The predicted molar refractivity (Wildman–Crippen MR) is 68.8 cm³/mol. The molecule has 0 N–H and O–H groups in total. The smallest absolute Gasteiger partial charge is 0.306 e. The van der Waals surface area contributed by atoms with Crippen LogP contribution in [0, 0.1) is 0 Å². The first-order valence-electron chi connectivity index (χ1n) is 6.15. The molecule has 16 heavy (non-hydrogen) atoms. The lowest BCUT2D eigenvalue weighted by Crippen LogP contribution is -1.94. The number of rotatable bonds is 9. The highest BCUT2D eigenvalue weighted by atomic mass is 31.2. The quantitative estimate of drug-likeness (QED) is 0.437. The number of allylic oxidation sites excluding steroid dienone is 1. The van der Waals surface area contributed by atoms with E-state index >= 15 is 0 Å². The molecule has 0 saturated carbocycles. The Hall–Kier alpha value is -0.110. The van der Waals surface area contributed by atoms with Gasteiger partial charge in [0.2, 0.25) is 0 Å². The van der Waals surface area contributed by atoms with Crippen LogP contribution in [0.25, 0.3) is 0 Å². The van der Waals surface area contributed by atoms with Crippen LogP contribution >= 0.6 is 7.60 Å². The topological polar surface area (TPSA) is 35.5 Å². The number of hydrogen-bond acceptors (Lipinski definition) is 3. The standard InChI is InChI=1S/C12H25O3P/c1-5-8-9-10-12(4)11-16(13,14-6-2)15-7-3/h11H,5-10H2,1-4H3/b12-11+. The maximum absolute atomic E-state index is 12.1. The van der Waals surface area contributed by atoms with E-state index < -0.39 is 7.60 Å². The molecular weight excluding hydrogens is 223 g/mol. The highest BCUT2D eigenvalue weighted by Gasteiger charge is 2.19. The van der Waals surface area contributed by atoms with E-state index in [1.165, 1.54) is 12.8 Å². The molecule has 0 heterocycles. The van der Waals surface area contributed by atoms with E-state index in [1.807, 2.05) is 20.8 Å². The minimum absolute atomic E-state index is 0.413. The van der Waals surface area contributed by atoms with Crippen molar-refractivity contribution in [3.05, 3.63) is 11.4 Å². The molecule has 0 aliphatic rings. The van der Waals surface area contributed by atoms with E-state index in [9.17, 15) is 4.57 Å². The van der Waals surface area contributed by atoms with E-state index in [2.05, 4.69) is 6.92 Å². The van der Waals surface area contributed by atoms with Crippen molar-refractivity contribution in [1.82, 2.24) is 0 Å². The zero-order valence-electron chi connectivity index (χ0n) is 11.0. The zero-order chi connectivity index (χ0) is 12.4. The summed E-state index contributed by atoms with van der Waals surface area (Å²) in [6.45, 7) is 8.63. The van der Waals surface area contributed by atoms with Gasteiger partial charge in [0.15, 0.2) is 0 Å². The summed E-state index contributed by atoms with van der Waals surface area (Å²) in [6.07, 6.45) is 4.51. The first kappa shape index (κ1) is 15.9. The fraction of sp³-hybridized carbons (Fsp3) is 0.833. The van der Waals surface area contributed by atoms with Crippen molar-refractivity contribution in [2.24, 2.45) is 0 Å². The molecule has 0 radical (unpaired) electrons. The molecule has 0 aliphatic heterocycles. The van der Waals surface area contributed by atoms with Crippen LogP contribution in [0.4, 0.5) is 0 Å². The summed E-state index contributed by atoms with van der Waals surface area (Å²) < 4.78 is 22.5. The average molecular weight is 248 g/mol. The van der Waals surface area contributed by atoms with Gasteiger partial charge in [-0.05, 0) is 33.6 Å². The van der Waals surface area contributed by atoms with Crippen LogP contribution < -0.4 is 0 Å². The predicted octanol–water partition coefficient (Wildman–Crippen LogP) is 4.74. The third-order valence-corrected chi connectivity index (χ3v) is 4.16. The molecule has 0 fully saturated rings. The van der Waals surface area contributed by atoms with Gasteiger partial charge >= 0.3 is 7.60 Å². The molecule has 0 atom stereocenters. The SMILES string of the molecule is CCCCC/C(C)=C/P(=O)(OCC)OCC. The summed E-state index contributed by atoms with van der Waals surface area (Å²) in [5.74, 6) is 1.68. The summed E-state index contributed by atoms with van der Waals surface area (Å²) in [6, 6.07) is 0. The van der Waals surface area contributed by atoms with Gasteiger partial charge in [-0.25, -0.2) is 0 Å². The Bertz CT molecular complexity index is 239. The van der Waals surface area contributed by atoms with Crippen LogP contribution in [0.3, 0.4) is 0 Å². The minimum atomic E-state index is -2.99. The van der Waals surface area contributed by atoms with E-state index in [0.29, 0.717) is 13.2 Å². The number of unbranched alkanes of at least 4 members (excludes halogenated alkanes) is 2. The molecule has 0 amide bonds. The van der Waals surface area contributed by atoms with Crippen molar-refractivity contribution in [3.63, 3.8) is 0 Å².